The fraction of sp³-hybridized carbons (Fsp3) is 0.310. The molecule has 0 aliphatic heterocycles. The largest absolute Gasteiger partial charge is 0.438 e. The molecule has 2 fully saturated rings. The number of benzene rings is 3. The fourth-order valence-electron chi connectivity index (χ4n) is 5.78. The van der Waals surface area contributed by atoms with E-state index >= 15 is 0 Å². The van der Waals surface area contributed by atoms with Crippen LogP contribution >= 0.6 is 11.6 Å². The molecule has 184 valence electrons. The van der Waals surface area contributed by atoms with Gasteiger partial charge in [-0.3, -0.25) is 4.79 Å². The van der Waals surface area contributed by atoms with Crippen LogP contribution in [-0.2, 0) is 11.3 Å². The number of methoxy groups -OCH3 is 1. The monoisotopic (exact) mass is 501 g/mol. The van der Waals surface area contributed by atoms with E-state index in [1.54, 1.807) is 17.9 Å². The Morgan fingerprint density at radius 1 is 1.06 bits per heavy atom. The van der Waals surface area contributed by atoms with Crippen LogP contribution in [0.5, 0.6) is 11.6 Å². The predicted molar refractivity (Wildman–Crippen MR) is 140 cm³/mol. The van der Waals surface area contributed by atoms with Crippen molar-refractivity contribution in [2.75, 3.05) is 7.11 Å². The molecule has 2 aliphatic carbocycles. The Balaban J connectivity index is 1.42. The number of nitrogens with one attached hydrogen (secondary N) is 1. The molecule has 2 bridgehead atoms. The smallest absolute Gasteiger partial charge is 0.272 e. The minimum atomic E-state index is -0.200. The molecule has 6 nitrogen and oxygen atoms in total. The van der Waals surface area contributed by atoms with Gasteiger partial charge in [-0.1, -0.05) is 60.5 Å². The maximum atomic E-state index is 13.6. The number of hydrogen-bond donors (Lipinski definition) is 1. The predicted octanol–water partition coefficient (Wildman–Crippen LogP) is 6.54. The van der Waals surface area contributed by atoms with Crippen LogP contribution in [0, 0.1) is 11.8 Å². The molecule has 36 heavy (non-hydrogen) atoms. The van der Waals surface area contributed by atoms with Crippen LogP contribution in [0.3, 0.4) is 0 Å². The molecule has 3 unspecified atom stereocenters. The Morgan fingerprint density at radius 3 is 2.61 bits per heavy atom. The maximum absolute atomic E-state index is 13.6. The molecule has 1 N–H and O–H groups in total. The summed E-state index contributed by atoms with van der Waals surface area (Å²) in [6.45, 7) is 0.173. The standard InChI is InChI=1S/C29H28ClN3O3/c1-35-17-23-27(28(34)31-25-15-18-10-11-21(25)14-18)32-33(26-9-5-4-8-24(26)30)29(23)36-22-13-12-19-6-2-3-7-20(19)16-22/h2-9,12-13,16,18,21,25H,10-11,14-15,17H2,1H3,(H,31,34). The Kier molecular flexibility index (Phi) is 6.15. The van der Waals surface area contributed by atoms with Gasteiger partial charge in [-0.05, 0) is 66.1 Å². The van der Waals surface area contributed by atoms with Gasteiger partial charge in [0.25, 0.3) is 5.91 Å². The lowest BCUT2D eigenvalue weighted by atomic mass is 9.95. The van der Waals surface area contributed by atoms with E-state index in [-0.39, 0.29) is 18.6 Å². The lowest BCUT2D eigenvalue weighted by molar-refractivity contribution is 0.0912. The minimum absolute atomic E-state index is 0.173. The van der Waals surface area contributed by atoms with Crippen molar-refractivity contribution in [2.45, 2.75) is 38.3 Å². The van der Waals surface area contributed by atoms with Gasteiger partial charge in [-0.15, -0.1) is 0 Å². The highest BCUT2D eigenvalue weighted by Crippen LogP contribution is 2.44. The Hall–Kier alpha value is -3.35. The molecule has 2 aliphatic rings. The number of aromatic nitrogens is 2. The van der Waals surface area contributed by atoms with Gasteiger partial charge in [0.2, 0.25) is 5.88 Å². The van der Waals surface area contributed by atoms with Crippen molar-refractivity contribution in [1.82, 2.24) is 15.1 Å². The first-order valence-corrected chi connectivity index (χ1v) is 12.8. The van der Waals surface area contributed by atoms with Crippen molar-refractivity contribution in [3.05, 3.63) is 83.0 Å². The zero-order chi connectivity index (χ0) is 24.6. The SMILES string of the molecule is COCc1c(C(=O)NC2CC3CCC2C3)nn(-c2ccccc2Cl)c1Oc1ccc2ccccc2c1. The summed E-state index contributed by atoms with van der Waals surface area (Å²) in [7, 11) is 1.60. The van der Waals surface area contributed by atoms with Gasteiger partial charge < -0.3 is 14.8 Å². The molecular formula is C29H28ClN3O3. The fourth-order valence-corrected chi connectivity index (χ4v) is 6.00. The van der Waals surface area contributed by atoms with E-state index in [4.69, 9.17) is 26.2 Å². The van der Waals surface area contributed by atoms with Gasteiger partial charge in [-0.2, -0.15) is 9.78 Å². The van der Waals surface area contributed by atoms with Crippen LogP contribution < -0.4 is 10.1 Å². The number of carbonyl (C=O) groups is 1. The van der Waals surface area contributed by atoms with Gasteiger partial charge >= 0.3 is 0 Å². The summed E-state index contributed by atoms with van der Waals surface area (Å²) in [6, 6.07) is 21.6. The molecule has 3 atom stereocenters. The molecule has 0 saturated heterocycles. The summed E-state index contributed by atoms with van der Waals surface area (Å²) in [5.74, 6) is 2.14. The summed E-state index contributed by atoms with van der Waals surface area (Å²) in [4.78, 5) is 13.6. The van der Waals surface area contributed by atoms with Crippen molar-refractivity contribution in [3.63, 3.8) is 0 Å². The second-order valence-corrected chi connectivity index (χ2v) is 10.2. The number of fused-ring (bicyclic) bond motifs is 3. The summed E-state index contributed by atoms with van der Waals surface area (Å²) in [5.41, 5.74) is 1.52. The first-order chi connectivity index (χ1) is 17.6. The van der Waals surface area contributed by atoms with E-state index in [1.165, 1.54) is 19.3 Å². The minimum Gasteiger partial charge on any atom is -0.438 e. The third-order valence-corrected chi connectivity index (χ3v) is 7.83. The first kappa shape index (κ1) is 23.1. The van der Waals surface area contributed by atoms with Gasteiger partial charge in [0.1, 0.15) is 5.75 Å². The average molecular weight is 502 g/mol. The van der Waals surface area contributed by atoms with Crippen molar-refractivity contribution < 1.29 is 14.3 Å². The van der Waals surface area contributed by atoms with Gasteiger partial charge in [0.05, 0.1) is 22.9 Å². The van der Waals surface area contributed by atoms with E-state index in [0.717, 1.165) is 23.1 Å². The molecule has 4 aromatic rings. The van der Waals surface area contributed by atoms with E-state index < -0.39 is 0 Å². The van der Waals surface area contributed by atoms with Gasteiger partial charge in [0, 0.05) is 13.2 Å². The number of hydrogen-bond acceptors (Lipinski definition) is 4. The number of ether oxygens (including phenoxy) is 2. The molecule has 3 aromatic carbocycles. The summed E-state index contributed by atoms with van der Waals surface area (Å²) >= 11 is 6.56. The zero-order valence-electron chi connectivity index (χ0n) is 20.1. The first-order valence-electron chi connectivity index (χ1n) is 12.4. The van der Waals surface area contributed by atoms with Gasteiger partial charge in [0.15, 0.2) is 5.69 Å². The quantitative estimate of drug-likeness (QED) is 0.312. The number of carbonyl (C=O) groups excluding carboxylic acids is 1. The van der Waals surface area contributed by atoms with Gasteiger partial charge in [-0.25, -0.2) is 0 Å². The molecule has 6 rings (SSSR count). The lowest BCUT2D eigenvalue weighted by Crippen LogP contribution is -2.39. The molecular weight excluding hydrogens is 474 g/mol. The van der Waals surface area contributed by atoms with Crippen molar-refractivity contribution in [2.24, 2.45) is 11.8 Å². The van der Waals surface area contributed by atoms with E-state index in [0.29, 0.717) is 39.5 Å². The van der Waals surface area contributed by atoms with E-state index in [9.17, 15) is 4.79 Å². The normalized spacial score (nSPS) is 20.7. The van der Waals surface area contributed by atoms with Crippen LogP contribution in [0.1, 0.15) is 41.7 Å². The molecule has 1 aromatic heterocycles. The van der Waals surface area contributed by atoms with Crippen molar-refractivity contribution >= 4 is 28.3 Å². The lowest BCUT2D eigenvalue weighted by Gasteiger charge is -2.22. The van der Waals surface area contributed by atoms with Crippen LogP contribution in [-0.4, -0.2) is 28.8 Å². The second kappa shape index (κ2) is 9.60. The van der Waals surface area contributed by atoms with Crippen LogP contribution in [0.2, 0.25) is 5.02 Å². The Labute approximate surface area is 215 Å². The third kappa shape index (κ3) is 4.25. The number of amides is 1. The van der Waals surface area contributed by atoms with Crippen LogP contribution in [0.4, 0.5) is 0 Å². The maximum Gasteiger partial charge on any atom is 0.272 e. The summed E-state index contributed by atoms with van der Waals surface area (Å²) < 4.78 is 13.6. The molecule has 0 spiro atoms. The van der Waals surface area contributed by atoms with E-state index in [2.05, 4.69) is 11.4 Å². The highest BCUT2D eigenvalue weighted by Gasteiger charge is 2.41. The number of rotatable bonds is 7. The second-order valence-electron chi connectivity index (χ2n) is 9.79. The molecule has 2 saturated carbocycles. The van der Waals surface area contributed by atoms with Crippen LogP contribution in [0.25, 0.3) is 16.5 Å². The molecule has 1 amide bonds. The Bertz CT molecular complexity index is 1430. The Morgan fingerprint density at radius 2 is 1.86 bits per heavy atom. The van der Waals surface area contributed by atoms with Crippen molar-refractivity contribution in [3.8, 4) is 17.3 Å². The summed E-state index contributed by atoms with van der Waals surface area (Å²) in [6.07, 6.45) is 4.71. The zero-order valence-corrected chi connectivity index (χ0v) is 20.9. The third-order valence-electron chi connectivity index (χ3n) is 7.51. The van der Waals surface area contributed by atoms with Crippen LogP contribution in [0.15, 0.2) is 66.7 Å². The van der Waals surface area contributed by atoms with E-state index in [1.807, 2.05) is 54.6 Å². The number of nitrogens with zero attached hydrogens (tertiary/aromatic N) is 2. The van der Waals surface area contributed by atoms with Crippen molar-refractivity contribution in [1.29, 1.82) is 0 Å². The molecule has 1 heterocycles. The highest BCUT2D eigenvalue weighted by atomic mass is 35.5. The average Bonchev–Trinajstić information content (AvgIpc) is 3.60. The highest BCUT2D eigenvalue weighted by molar-refractivity contribution is 6.32. The topological polar surface area (TPSA) is 65.4 Å². The summed E-state index contributed by atoms with van der Waals surface area (Å²) in [5, 5.41) is 10.7. The number of para-hydroxylation sites is 1. The molecule has 0 radical (unpaired) electrons. The molecule has 7 heteroatoms. The number of halogens is 1.